The molecule has 3 amide bonds. The summed E-state index contributed by atoms with van der Waals surface area (Å²) in [7, 11) is 0. The zero-order chi connectivity index (χ0) is 13.6. The summed E-state index contributed by atoms with van der Waals surface area (Å²) in [6.07, 6.45) is 2.48. The van der Waals surface area contributed by atoms with Gasteiger partial charge in [0.05, 0.1) is 10.7 Å². The van der Waals surface area contributed by atoms with E-state index >= 15 is 0 Å². The standard InChI is InChI=1S/C13H12Cl2N2O2/c14-8-3-4-9(15)11(5-8)17-12(18)6-10(7-1-2-7)16-13(17)19/h3-5,7,10H,1-2,6H2,(H,16,19). The van der Waals surface area contributed by atoms with Crippen LogP contribution in [0.25, 0.3) is 0 Å². The van der Waals surface area contributed by atoms with Crippen molar-refractivity contribution in [3.8, 4) is 0 Å². The largest absolute Gasteiger partial charge is 0.334 e. The number of halogens is 2. The Balaban J connectivity index is 1.89. The van der Waals surface area contributed by atoms with Gasteiger partial charge in [0.1, 0.15) is 0 Å². The maximum absolute atomic E-state index is 12.2. The zero-order valence-corrected chi connectivity index (χ0v) is 11.5. The summed E-state index contributed by atoms with van der Waals surface area (Å²) < 4.78 is 0. The molecule has 100 valence electrons. The Labute approximate surface area is 120 Å². The second kappa shape index (κ2) is 4.69. The lowest BCUT2D eigenvalue weighted by Gasteiger charge is -2.31. The van der Waals surface area contributed by atoms with Crippen LogP contribution in [0, 0.1) is 5.92 Å². The number of urea groups is 1. The molecule has 19 heavy (non-hydrogen) atoms. The third-order valence-corrected chi connectivity index (χ3v) is 4.05. The van der Waals surface area contributed by atoms with E-state index in [9.17, 15) is 9.59 Å². The normalized spacial score (nSPS) is 23.5. The Morgan fingerprint density at radius 1 is 1.21 bits per heavy atom. The first-order valence-electron chi connectivity index (χ1n) is 6.15. The number of hydrogen-bond donors (Lipinski definition) is 1. The second-order valence-electron chi connectivity index (χ2n) is 4.92. The molecular weight excluding hydrogens is 287 g/mol. The summed E-state index contributed by atoms with van der Waals surface area (Å²) in [5, 5.41) is 3.63. The number of nitrogens with one attached hydrogen (secondary N) is 1. The maximum Gasteiger partial charge on any atom is 0.329 e. The summed E-state index contributed by atoms with van der Waals surface area (Å²) in [6.45, 7) is 0. The van der Waals surface area contributed by atoms with Gasteiger partial charge in [-0.1, -0.05) is 23.2 Å². The Bertz CT molecular complexity index is 540. The molecule has 0 spiro atoms. The van der Waals surface area contributed by atoms with E-state index < -0.39 is 6.03 Å². The molecule has 1 aromatic carbocycles. The molecule has 0 bridgehead atoms. The van der Waals surface area contributed by atoms with Gasteiger partial charge in [-0.3, -0.25) is 4.79 Å². The van der Waals surface area contributed by atoms with Gasteiger partial charge < -0.3 is 5.32 Å². The monoisotopic (exact) mass is 298 g/mol. The van der Waals surface area contributed by atoms with Crippen molar-refractivity contribution in [1.29, 1.82) is 0 Å². The fraction of sp³-hybridized carbons (Fsp3) is 0.385. The van der Waals surface area contributed by atoms with Gasteiger partial charge in [-0.05, 0) is 37.0 Å². The number of carbonyl (C=O) groups excluding carboxylic acids is 2. The van der Waals surface area contributed by atoms with Crippen LogP contribution >= 0.6 is 23.2 Å². The molecule has 1 aliphatic carbocycles. The van der Waals surface area contributed by atoms with Gasteiger partial charge in [0.2, 0.25) is 5.91 Å². The van der Waals surface area contributed by atoms with Crippen LogP contribution in [0.15, 0.2) is 18.2 Å². The number of amides is 3. The van der Waals surface area contributed by atoms with Crippen LogP contribution in [0.4, 0.5) is 10.5 Å². The number of carbonyl (C=O) groups is 2. The summed E-state index contributed by atoms with van der Waals surface area (Å²) in [4.78, 5) is 25.4. The van der Waals surface area contributed by atoms with E-state index in [1.807, 2.05) is 0 Å². The fourth-order valence-corrected chi connectivity index (χ4v) is 2.72. The number of nitrogens with zero attached hydrogens (tertiary/aromatic N) is 1. The highest BCUT2D eigenvalue weighted by Gasteiger charge is 2.41. The number of imide groups is 1. The lowest BCUT2D eigenvalue weighted by molar-refractivity contribution is -0.119. The van der Waals surface area contributed by atoms with Crippen LogP contribution in [0.2, 0.25) is 10.0 Å². The maximum atomic E-state index is 12.2. The molecule has 1 heterocycles. The van der Waals surface area contributed by atoms with Crippen molar-refractivity contribution < 1.29 is 9.59 Å². The quantitative estimate of drug-likeness (QED) is 0.911. The minimum Gasteiger partial charge on any atom is -0.334 e. The molecule has 2 fully saturated rings. The highest BCUT2D eigenvalue weighted by Crippen LogP contribution is 2.37. The van der Waals surface area contributed by atoms with Crippen LogP contribution in [-0.2, 0) is 4.79 Å². The smallest absolute Gasteiger partial charge is 0.329 e. The topological polar surface area (TPSA) is 49.4 Å². The van der Waals surface area contributed by atoms with Gasteiger partial charge in [-0.25, -0.2) is 9.69 Å². The lowest BCUT2D eigenvalue weighted by Crippen LogP contribution is -2.55. The fourth-order valence-electron chi connectivity index (χ4n) is 2.35. The summed E-state index contributed by atoms with van der Waals surface area (Å²) in [5.41, 5.74) is 0.339. The van der Waals surface area contributed by atoms with Crippen LogP contribution in [-0.4, -0.2) is 18.0 Å². The van der Waals surface area contributed by atoms with Crippen molar-refractivity contribution >= 4 is 40.8 Å². The molecule has 1 saturated carbocycles. The van der Waals surface area contributed by atoms with Crippen molar-refractivity contribution in [2.45, 2.75) is 25.3 Å². The van der Waals surface area contributed by atoms with Gasteiger partial charge in [0.15, 0.2) is 0 Å². The van der Waals surface area contributed by atoms with E-state index in [1.165, 1.54) is 6.07 Å². The molecule has 0 aromatic heterocycles. The van der Waals surface area contributed by atoms with Crippen molar-refractivity contribution in [1.82, 2.24) is 5.32 Å². The van der Waals surface area contributed by atoms with E-state index in [1.54, 1.807) is 12.1 Å². The predicted octanol–water partition coefficient (Wildman–Crippen LogP) is 3.22. The Morgan fingerprint density at radius 2 is 1.95 bits per heavy atom. The molecule has 1 saturated heterocycles. The summed E-state index contributed by atoms with van der Waals surface area (Å²) >= 11 is 11.9. The van der Waals surface area contributed by atoms with E-state index in [0.717, 1.165) is 17.7 Å². The molecule has 1 aromatic rings. The molecule has 1 aliphatic heterocycles. The van der Waals surface area contributed by atoms with Crippen molar-refractivity contribution in [2.24, 2.45) is 5.92 Å². The van der Waals surface area contributed by atoms with E-state index in [0.29, 0.717) is 28.1 Å². The Kier molecular flexibility index (Phi) is 3.15. The first-order chi connectivity index (χ1) is 9.06. The molecule has 1 N–H and O–H groups in total. The predicted molar refractivity (Wildman–Crippen MR) is 73.6 cm³/mol. The van der Waals surface area contributed by atoms with Crippen molar-refractivity contribution in [2.75, 3.05) is 4.90 Å². The molecule has 1 unspecified atom stereocenters. The first kappa shape index (κ1) is 12.8. The first-order valence-corrected chi connectivity index (χ1v) is 6.90. The Morgan fingerprint density at radius 3 is 2.58 bits per heavy atom. The number of rotatable bonds is 2. The van der Waals surface area contributed by atoms with E-state index in [2.05, 4.69) is 5.32 Å². The molecule has 2 aliphatic rings. The van der Waals surface area contributed by atoms with Crippen LogP contribution < -0.4 is 10.2 Å². The van der Waals surface area contributed by atoms with Crippen LogP contribution in [0.5, 0.6) is 0 Å². The van der Waals surface area contributed by atoms with E-state index in [4.69, 9.17) is 23.2 Å². The molecular formula is C13H12Cl2N2O2. The highest BCUT2D eigenvalue weighted by atomic mass is 35.5. The minimum atomic E-state index is -0.419. The van der Waals surface area contributed by atoms with Gasteiger partial charge in [0, 0.05) is 17.5 Å². The zero-order valence-electron chi connectivity index (χ0n) is 10.0. The average Bonchev–Trinajstić information content (AvgIpc) is 3.16. The molecule has 1 atom stereocenters. The van der Waals surface area contributed by atoms with Crippen LogP contribution in [0.1, 0.15) is 19.3 Å². The van der Waals surface area contributed by atoms with E-state index in [-0.39, 0.29) is 11.9 Å². The molecule has 3 rings (SSSR count). The van der Waals surface area contributed by atoms with Crippen molar-refractivity contribution in [3.05, 3.63) is 28.2 Å². The summed E-state index contributed by atoms with van der Waals surface area (Å²) in [6, 6.07) is 4.27. The number of benzene rings is 1. The minimum absolute atomic E-state index is 0.0331. The average molecular weight is 299 g/mol. The number of anilines is 1. The highest BCUT2D eigenvalue weighted by molar-refractivity contribution is 6.37. The molecule has 0 radical (unpaired) electrons. The lowest BCUT2D eigenvalue weighted by atomic mass is 10.1. The Hall–Kier alpha value is -1.26. The van der Waals surface area contributed by atoms with Crippen molar-refractivity contribution in [3.63, 3.8) is 0 Å². The van der Waals surface area contributed by atoms with Gasteiger partial charge in [0.25, 0.3) is 0 Å². The molecule has 6 heteroatoms. The van der Waals surface area contributed by atoms with Gasteiger partial charge >= 0.3 is 6.03 Å². The summed E-state index contributed by atoms with van der Waals surface area (Å²) in [5.74, 6) is 0.217. The van der Waals surface area contributed by atoms with Gasteiger partial charge in [-0.2, -0.15) is 0 Å². The SMILES string of the molecule is O=C1CC(C2CC2)NC(=O)N1c1cc(Cl)ccc1Cl. The van der Waals surface area contributed by atoms with Gasteiger partial charge in [-0.15, -0.1) is 0 Å². The number of hydrogen-bond acceptors (Lipinski definition) is 2. The second-order valence-corrected chi connectivity index (χ2v) is 5.77. The third-order valence-electron chi connectivity index (χ3n) is 3.50. The molecule has 4 nitrogen and oxygen atoms in total. The third kappa shape index (κ3) is 2.42. The van der Waals surface area contributed by atoms with Crippen LogP contribution in [0.3, 0.4) is 0 Å².